The molecule has 2 rings (SSSR count). The van der Waals surface area contributed by atoms with E-state index < -0.39 is 10.0 Å². The summed E-state index contributed by atoms with van der Waals surface area (Å²) in [5, 5.41) is 0. The molecule has 0 amide bonds. The highest BCUT2D eigenvalue weighted by molar-refractivity contribution is 7.92. The van der Waals surface area contributed by atoms with Crippen molar-refractivity contribution < 1.29 is 12.8 Å². The molecule has 112 valence electrons. The van der Waals surface area contributed by atoms with E-state index in [0.29, 0.717) is 11.3 Å². The van der Waals surface area contributed by atoms with Crippen LogP contribution in [-0.4, -0.2) is 19.2 Å². The molecule has 4 nitrogen and oxygen atoms in total. The molecule has 0 aliphatic carbocycles. The molecular weight excluding hydrogens is 291 g/mol. The van der Waals surface area contributed by atoms with Crippen LogP contribution in [0.3, 0.4) is 0 Å². The standard InChI is InChI=1S/C15H17FN2O2S/c1-11-8-15(10-17-12(11)2)18-21(19,20)7-6-13-4-3-5-14(16)9-13/h3-5,8-10,18H,6-7H2,1-2H3. The molecule has 0 aliphatic rings. The Hall–Kier alpha value is -1.95. The molecule has 2 aromatic rings. The van der Waals surface area contributed by atoms with Crippen molar-refractivity contribution in [1.29, 1.82) is 0 Å². The number of nitrogens with one attached hydrogen (secondary N) is 1. The minimum Gasteiger partial charge on any atom is -0.282 e. The largest absolute Gasteiger partial charge is 0.282 e. The van der Waals surface area contributed by atoms with Gasteiger partial charge in [0.05, 0.1) is 17.6 Å². The Kier molecular flexibility index (Phi) is 4.57. The highest BCUT2D eigenvalue weighted by Gasteiger charge is 2.11. The zero-order valence-electron chi connectivity index (χ0n) is 11.9. The lowest BCUT2D eigenvalue weighted by Crippen LogP contribution is -2.18. The molecule has 0 unspecified atom stereocenters. The number of hydrogen-bond acceptors (Lipinski definition) is 3. The molecule has 21 heavy (non-hydrogen) atoms. The summed E-state index contributed by atoms with van der Waals surface area (Å²) in [6.07, 6.45) is 1.74. The van der Waals surface area contributed by atoms with Crippen LogP contribution >= 0.6 is 0 Å². The molecule has 0 bridgehead atoms. The molecule has 0 fully saturated rings. The Morgan fingerprint density at radius 2 is 2.00 bits per heavy atom. The van der Waals surface area contributed by atoms with Gasteiger partial charge in [0.1, 0.15) is 5.82 Å². The fourth-order valence-corrected chi connectivity index (χ4v) is 2.95. The summed E-state index contributed by atoms with van der Waals surface area (Å²) >= 11 is 0. The van der Waals surface area contributed by atoms with E-state index in [4.69, 9.17) is 0 Å². The predicted molar refractivity (Wildman–Crippen MR) is 81.2 cm³/mol. The Bertz CT molecular complexity index is 745. The average molecular weight is 308 g/mol. The van der Waals surface area contributed by atoms with Gasteiger partial charge in [-0.15, -0.1) is 0 Å². The van der Waals surface area contributed by atoms with Gasteiger partial charge in [-0.05, 0) is 49.6 Å². The van der Waals surface area contributed by atoms with Crippen LogP contribution in [0.1, 0.15) is 16.8 Å². The number of rotatable bonds is 5. The molecule has 1 aromatic heterocycles. The second-order valence-corrected chi connectivity index (χ2v) is 6.77. The van der Waals surface area contributed by atoms with E-state index in [0.717, 1.165) is 11.3 Å². The molecule has 0 aliphatic heterocycles. The van der Waals surface area contributed by atoms with Gasteiger partial charge in [-0.2, -0.15) is 0 Å². The quantitative estimate of drug-likeness (QED) is 0.924. The van der Waals surface area contributed by atoms with Crippen molar-refractivity contribution in [2.45, 2.75) is 20.3 Å². The zero-order chi connectivity index (χ0) is 15.5. The highest BCUT2D eigenvalue weighted by atomic mass is 32.2. The average Bonchev–Trinajstić information content (AvgIpc) is 2.41. The summed E-state index contributed by atoms with van der Waals surface area (Å²) < 4.78 is 39.6. The summed E-state index contributed by atoms with van der Waals surface area (Å²) in [5.41, 5.74) is 2.87. The van der Waals surface area contributed by atoms with Crippen molar-refractivity contribution in [2.24, 2.45) is 0 Å². The molecule has 0 atom stereocenters. The van der Waals surface area contributed by atoms with Gasteiger partial charge >= 0.3 is 0 Å². The molecule has 1 aromatic carbocycles. The van der Waals surface area contributed by atoms with Crippen LogP contribution in [0.2, 0.25) is 0 Å². The van der Waals surface area contributed by atoms with E-state index >= 15 is 0 Å². The smallest absolute Gasteiger partial charge is 0.233 e. The molecule has 1 heterocycles. The minimum absolute atomic E-state index is 0.108. The molecule has 0 spiro atoms. The van der Waals surface area contributed by atoms with Gasteiger partial charge in [0, 0.05) is 5.69 Å². The van der Waals surface area contributed by atoms with Crippen LogP contribution in [0.4, 0.5) is 10.1 Å². The number of aromatic nitrogens is 1. The molecule has 0 radical (unpaired) electrons. The van der Waals surface area contributed by atoms with Gasteiger partial charge in [0.25, 0.3) is 0 Å². The van der Waals surface area contributed by atoms with Gasteiger partial charge in [0.2, 0.25) is 10.0 Å². The lowest BCUT2D eigenvalue weighted by atomic mass is 10.2. The van der Waals surface area contributed by atoms with Crippen molar-refractivity contribution in [1.82, 2.24) is 4.98 Å². The summed E-state index contributed by atoms with van der Waals surface area (Å²) in [6, 6.07) is 7.68. The van der Waals surface area contributed by atoms with Crippen molar-refractivity contribution >= 4 is 15.7 Å². The Morgan fingerprint density at radius 1 is 1.24 bits per heavy atom. The Morgan fingerprint density at radius 3 is 2.67 bits per heavy atom. The number of nitrogens with zero attached hydrogens (tertiary/aromatic N) is 1. The lowest BCUT2D eigenvalue weighted by molar-refractivity contribution is 0.599. The van der Waals surface area contributed by atoms with Crippen LogP contribution in [0.15, 0.2) is 36.5 Å². The highest BCUT2D eigenvalue weighted by Crippen LogP contribution is 2.13. The van der Waals surface area contributed by atoms with E-state index in [1.807, 2.05) is 13.8 Å². The second-order valence-electron chi connectivity index (χ2n) is 4.93. The van der Waals surface area contributed by atoms with E-state index in [1.54, 1.807) is 18.2 Å². The van der Waals surface area contributed by atoms with Crippen molar-refractivity contribution in [2.75, 3.05) is 10.5 Å². The number of pyridine rings is 1. The predicted octanol–water partition coefficient (Wildman–Crippen LogP) is 2.82. The Labute approximate surface area is 124 Å². The van der Waals surface area contributed by atoms with Crippen LogP contribution in [-0.2, 0) is 16.4 Å². The van der Waals surface area contributed by atoms with Gasteiger partial charge in [-0.3, -0.25) is 9.71 Å². The lowest BCUT2D eigenvalue weighted by Gasteiger charge is -2.09. The molecule has 1 N–H and O–H groups in total. The van der Waals surface area contributed by atoms with Gasteiger partial charge in [-0.1, -0.05) is 12.1 Å². The first-order chi connectivity index (χ1) is 9.85. The Balaban J connectivity index is 2.03. The van der Waals surface area contributed by atoms with E-state index in [1.165, 1.54) is 18.3 Å². The second kappa shape index (κ2) is 6.22. The number of hydrogen-bond donors (Lipinski definition) is 1. The monoisotopic (exact) mass is 308 g/mol. The maximum absolute atomic E-state index is 13.0. The first kappa shape index (κ1) is 15.4. The maximum atomic E-state index is 13.0. The van der Waals surface area contributed by atoms with E-state index in [2.05, 4.69) is 9.71 Å². The first-order valence-electron chi connectivity index (χ1n) is 6.54. The van der Waals surface area contributed by atoms with Crippen LogP contribution in [0, 0.1) is 19.7 Å². The van der Waals surface area contributed by atoms with Crippen LogP contribution in [0.5, 0.6) is 0 Å². The number of sulfonamides is 1. The van der Waals surface area contributed by atoms with Crippen LogP contribution < -0.4 is 4.72 Å². The topological polar surface area (TPSA) is 59.1 Å². The third-order valence-corrected chi connectivity index (χ3v) is 4.45. The number of benzene rings is 1. The number of halogens is 1. The maximum Gasteiger partial charge on any atom is 0.233 e. The minimum atomic E-state index is -3.49. The van der Waals surface area contributed by atoms with Gasteiger partial charge in [-0.25, -0.2) is 12.8 Å². The first-order valence-corrected chi connectivity index (χ1v) is 8.19. The summed E-state index contributed by atoms with van der Waals surface area (Å²) in [6.45, 7) is 3.73. The summed E-state index contributed by atoms with van der Waals surface area (Å²) in [5.74, 6) is -0.472. The number of anilines is 1. The van der Waals surface area contributed by atoms with E-state index in [-0.39, 0.29) is 18.0 Å². The summed E-state index contributed by atoms with van der Waals surface area (Å²) in [7, 11) is -3.49. The zero-order valence-corrected chi connectivity index (χ0v) is 12.7. The van der Waals surface area contributed by atoms with Crippen LogP contribution in [0.25, 0.3) is 0 Å². The number of aryl methyl sites for hydroxylation is 3. The fraction of sp³-hybridized carbons (Fsp3) is 0.267. The SMILES string of the molecule is Cc1cc(NS(=O)(=O)CCc2cccc(F)c2)cnc1C. The molecule has 0 saturated heterocycles. The van der Waals surface area contributed by atoms with Crippen molar-refractivity contribution in [3.8, 4) is 0 Å². The fourth-order valence-electron chi connectivity index (χ4n) is 1.87. The van der Waals surface area contributed by atoms with Gasteiger partial charge in [0.15, 0.2) is 0 Å². The van der Waals surface area contributed by atoms with Crippen molar-refractivity contribution in [3.63, 3.8) is 0 Å². The normalized spacial score (nSPS) is 11.4. The molecule has 0 saturated carbocycles. The van der Waals surface area contributed by atoms with E-state index in [9.17, 15) is 12.8 Å². The summed E-state index contributed by atoms with van der Waals surface area (Å²) in [4.78, 5) is 4.12. The van der Waals surface area contributed by atoms with Crippen molar-refractivity contribution in [3.05, 3.63) is 59.2 Å². The third-order valence-electron chi connectivity index (χ3n) is 3.16. The molecule has 6 heteroatoms. The van der Waals surface area contributed by atoms with Gasteiger partial charge < -0.3 is 0 Å². The third kappa shape index (κ3) is 4.53. The molecular formula is C15H17FN2O2S.